The first-order valence-electron chi connectivity index (χ1n) is 6.09. The molecule has 98 valence electrons. The van der Waals surface area contributed by atoms with Crippen LogP contribution in [-0.2, 0) is 0 Å². The smallest absolute Gasteiger partial charge is 0.265 e. The van der Waals surface area contributed by atoms with Crippen LogP contribution in [0.4, 0.5) is 4.39 Å². The summed E-state index contributed by atoms with van der Waals surface area (Å²) in [5, 5.41) is 0. The molecule has 0 saturated carbocycles. The van der Waals surface area contributed by atoms with Crippen molar-refractivity contribution in [1.82, 2.24) is 9.38 Å². The molecule has 0 radical (unpaired) electrons. The van der Waals surface area contributed by atoms with E-state index >= 15 is 0 Å². The minimum absolute atomic E-state index is 0.171. The van der Waals surface area contributed by atoms with Crippen molar-refractivity contribution in [2.24, 2.45) is 0 Å². The molecular weight excluding hydrogens is 255 g/mol. The maximum absolute atomic E-state index is 13.2. The molecule has 0 unspecified atom stereocenters. The number of halogens is 1. The molecule has 0 fully saturated rings. The maximum Gasteiger partial charge on any atom is 0.265 e. The number of benzene rings is 1. The molecule has 2 aromatic heterocycles. The molecular formula is C16H11FN2O. The highest BCUT2D eigenvalue weighted by Gasteiger charge is 2.05. The van der Waals surface area contributed by atoms with Crippen LogP contribution in [0.3, 0.4) is 0 Å². The van der Waals surface area contributed by atoms with Crippen LogP contribution >= 0.6 is 0 Å². The highest BCUT2D eigenvalue weighted by molar-refractivity contribution is 5.67. The van der Waals surface area contributed by atoms with Crippen molar-refractivity contribution in [2.45, 2.75) is 0 Å². The third kappa shape index (κ3) is 2.01. The van der Waals surface area contributed by atoms with Gasteiger partial charge in [-0.15, -0.1) is 0 Å². The number of fused-ring (bicyclic) bond motifs is 1. The highest BCUT2D eigenvalue weighted by Crippen LogP contribution is 2.20. The summed E-state index contributed by atoms with van der Waals surface area (Å²) in [6.45, 7) is 3.58. The summed E-state index contributed by atoms with van der Waals surface area (Å²) >= 11 is 0. The van der Waals surface area contributed by atoms with Gasteiger partial charge < -0.3 is 0 Å². The van der Waals surface area contributed by atoms with Crippen LogP contribution in [0.25, 0.3) is 22.9 Å². The molecule has 0 saturated heterocycles. The average Bonchev–Trinajstić information content (AvgIpc) is 2.47. The van der Waals surface area contributed by atoms with Gasteiger partial charge in [-0.25, -0.2) is 9.37 Å². The predicted molar refractivity (Wildman–Crippen MR) is 76.9 cm³/mol. The van der Waals surface area contributed by atoms with Gasteiger partial charge in [0, 0.05) is 12.4 Å². The van der Waals surface area contributed by atoms with Gasteiger partial charge in [0.25, 0.3) is 5.56 Å². The molecule has 3 nitrogen and oxygen atoms in total. The molecule has 0 aliphatic carbocycles. The summed E-state index contributed by atoms with van der Waals surface area (Å²) < 4.78 is 14.7. The summed E-state index contributed by atoms with van der Waals surface area (Å²) in [5.74, 6) is -0.297. The summed E-state index contributed by atoms with van der Waals surface area (Å²) in [5.41, 5.74) is 2.34. The van der Waals surface area contributed by atoms with Crippen LogP contribution in [0.5, 0.6) is 0 Å². The molecule has 3 aromatic rings. The predicted octanol–water partition coefficient (Wildman–Crippen LogP) is 3.14. The van der Waals surface area contributed by atoms with Gasteiger partial charge in [-0.1, -0.05) is 24.8 Å². The van der Waals surface area contributed by atoms with Crippen LogP contribution in [0, 0.1) is 5.82 Å². The summed E-state index contributed by atoms with van der Waals surface area (Å²) in [6.07, 6.45) is 4.60. The standard InChI is InChI=1S/C16H11FN2O/c1-2-11-10-18-15-9-13(6-7-19(15)16(11)20)12-4-3-5-14(17)8-12/h2-10H,1H2. The number of nitrogens with zero attached hydrogens (tertiary/aromatic N) is 2. The van der Waals surface area contributed by atoms with E-state index < -0.39 is 0 Å². The fourth-order valence-corrected chi connectivity index (χ4v) is 2.08. The molecule has 4 heteroatoms. The van der Waals surface area contributed by atoms with Crippen LogP contribution < -0.4 is 5.56 Å². The van der Waals surface area contributed by atoms with Gasteiger partial charge >= 0.3 is 0 Å². The summed E-state index contributed by atoms with van der Waals surface area (Å²) in [4.78, 5) is 16.3. The molecule has 0 spiro atoms. The number of hydrogen-bond acceptors (Lipinski definition) is 2. The Morgan fingerprint density at radius 1 is 1.20 bits per heavy atom. The van der Waals surface area contributed by atoms with E-state index in [9.17, 15) is 9.18 Å². The maximum atomic E-state index is 13.2. The van der Waals surface area contributed by atoms with Crippen LogP contribution in [0.2, 0.25) is 0 Å². The minimum Gasteiger partial charge on any atom is -0.268 e. The first-order chi connectivity index (χ1) is 9.69. The Morgan fingerprint density at radius 3 is 2.75 bits per heavy atom. The molecule has 0 amide bonds. The van der Waals surface area contributed by atoms with E-state index in [1.807, 2.05) is 6.07 Å². The fourth-order valence-electron chi connectivity index (χ4n) is 2.08. The topological polar surface area (TPSA) is 34.4 Å². The summed E-state index contributed by atoms with van der Waals surface area (Å²) in [6, 6.07) is 9.81. The molecule has 0 aliphatic heterocycles. The van der Waals surface area contributed by atoms with E-state index in [1.165, 1.54) is 28.8 Å². The van der Waals surface area contributed by atoms with Crippen molar-refractivity contribution in [2.75, 3.05) is 0 Å². The number of pyridine rings is 1. The largest absolute Gasteiger partial charge is 0.268 e. The van der Waals surface area contributed by atoms with Crippen LogP contribution in [-0.4, -0.2) is 9.38 Å². The summed E-state index contributed by atoms with van der Waals surface area (Å²) in [7, 11) is 0. The molecule has 3 rings (SSSR count). The normalized spacial score (nSPS) is 10.7. The Morgan fingerprint density at radius 2 is 2.00 bits per heavy atom. The fraction of sp³-hybridized carbons (Fsp3) is 0. The molecule has 20 heavy (non-hydrogen) atoms. The first kappa shape index (κ1) is 12.3. The third-order valence-electron chi connectivity index (χ3n) is 3.11. The lowest BCUT2D eigenvalue weighted by atomic mass is 10.1. The van der Waals surface area contributed by atoms with Crippen molar-refractivity contribution < 1.29 is 4.39 Å². The Hall–Kier alpha value is -2.75. The lowest BCUT2D eigenvalue weighted by Gasteiger charge is -2.05. The highest BCUT2D eigenvalue weighted by atomic mass is 19.1. The van der Waals surface area contributed by atoms with Crippen molar-refractivity contribution in [3.63, 3.8) is 0 Å². The van der Waals surface area contributed by atoms with Crippen LogP contribution in [0.1, 0.15) is 5.56 Å². The SMILES string of the molecule is C=Cc1cnc2cc(-c3cccc(F)c3)ccn2c1=O. The lowest BCUT2D eigenvalue weighted by Crippen LogP contribution is -2.16. The third-order valence-corrected chi connectivity index (χ3v) is 3.11. The zero-order valence-corrected chi connectivity index (χ0v) is 10.6. The molecule has 0 bridgehead atoms. The van der Waals surface area contributed by atoms with E-state index in [2.05, 4.69) is 11.6 Å². The van der Waals surface area contributed by atoms with Gasteiger partial charge in [-0.05, 0) is 35.4 Å². The zero-order valence-electron chi connectivity index (χ0n) is 10.6. The van der Waals surface area contributed by atoms with E-state index in [0.29, 0.717) is 11.2 Å². The van der Waals surface area contributed by atoms with Gasteiger partial charge in [0.2, 0.25) is 0 Å². The van der Waals surface area contributed by atoms with Gasteiger partial charge in [0.05, 0.1) is 5.56 Å². The van der Waals surface area contributed by atoms with Gasteiger partial charge in [0.1, 0.15) is 11.5 Å². The van der Waals surface area contributed by atoms with Gasteiger partial charge in [-0.3, -0.25) is 9.20 Å². The van der Waals surface area contributed by atoms with Crippen LogP contribution in [0.15, 0.2) is 60.2 Å². The lowest BCUT2D eigenvalue weighted by molar-refractivity contribution is 0.628. The number of hydrogen-bond donors (Lipinski definition) is 0. The minimum atomic E-state index is -0.297. The second kappa shape index (κ2) is 4.74. The molecule has 0 aliphatic rings. The molecule has 1 aromatic carbocycles. The number of rotatable bonds is 2. The van der Waals surface area contributed by atoms with Crippen molar-refractivity contribution in [3.05, 3.63) is 77.1 Å². The molecule has 2 heterocycles. The second-order valence-electron chi connectivity index (χ2n) is 4.38. The average molecular weight is 266 g/mol. The van der Waals surface area contributed by atoms with E-state index in [4.69, 9.17) is 0 Å². The molecule has 0 atom stereocenters. The number of aromatic nitrogens is 2. The monoisotopic (exact) mass is 266 g/mol. The van der Waals surface area contributed by atoms with Crippen molar-refractivity contribution in [3.8, 4) is 11.1 Å². The van der Waals surface area contributed by atoms with Gasteiger partial charge in [-0.2, -0.15) is 0 Å². The Balaban J connectivity index is 2.22. The Kier molecular flexibility index (Phi) is 2.91. The molecule has 0 N–H and O–H groups in total. The Bertz CT molecular complexity index is 868. The van der Waals surface area contributed by atoms with Crippen molar-refractivity contribution >= 4 is 11.7 Å². The van der Waals surface area contributed by atoms with E-state index in [-0.39, 0.29) is 11.4 Å². The van der Waals surface area contributed by atoms with E-state index in [0.717, 1.165) is 11.1 Å². The van der Waals surface area contributed by atoms with Crippen molar-refractivity contribution in [1.29, 1.82) is 0 Å². The zero-order chi connectivity index (χ0) is 14.1. The first-order valence-corrected chi connectivity index (χ1v) is 6.09. The quantitative estimate of drug-likeness (QED) is 0.714. The second-order valence-corrected chi connectivity index (χ2v) is 4.38. The van der Waals surface area contributed by atoms with Gasteiger partial charge in [0.15, 0.2) is 0 Å². The van der Waals surface area contributed by atoms with E-state index in [1.54, 1.807) is 24.4 Å². The Labute approximate surface area is 114 Å².